The average molecular weight is 552 g/mol. The number of benzene rings is 3. The maximum Gasteiger partial charge on any atom is 0.296 e. The first kappa shape index (κ1) is 27.8. The highest BCUT2D eigenvalue weighted by molar-refractivity contribution is 6.46. The molecule has 2 heterocycles. The van der Waals surface area contributed by atoms with Crippen LogP contribution in [0.15, 0.2) is 107 Å². The summed E-state index contributed by atoms with van der Waals surface area (Å²) >= 11 is 0. The lowest BCUT2D eigenvalue weighted by Gasteiger charge is -2.24. The SMILES string of the molecule is CCCCCOc1ccc(/C(O)=C2/C(=O)C(=O)N(Cc3ccco3)C2c2ccc(OCc3ccccc3)cc2)cc1. The van der Waals surface area contributed by atoms with Gasteiger partial charge in [0.1, 0.15) is 29.6 Å². The van der Waals surface area contributed by atoms with Crippen molar-refractivity contribution in [1.29, 1.82) is 0 Å². The molecule has 1 atom stereocenters. The third-order valence-electron chi connectivity index (χ3n) is 7.03. The molecule has 5 rings (SSSR count). The zero-order valence-corrected chi connectivity index (χ0v) is 23.0. The minimum absolute atomic E-state index is 0.0242. The zero-order valence-electron chi connectivity index (χ0n) is 23.0. The molecule has 1 N–H and O–H groups in total. The van der Waals surface area contributed by atoms with Crippen molar-refractivity contribution in [3.63, 3.8) is 0 Å². The van der Waals surface area contributed by atoms with E-state index >= 15 is 0 Å². The van der Waals surface area contributed by atoms with Crippen LogP contribution in [-0.4, -0.2) is 28.3 Å². The van der Waals surface area contributed by atoms with Crippen LogP contribution in [0, 0.1) is 0 Å². The van der Waals surface area contributed by atoms with Crippen LogP contribution in [-0.2, 0) is 22.7 Å². The molecular weight excluding hydrogens is 518 g/mol. The third-order valence-corrected chi connectivity index (χ3v) is 7.03. The van der Waals surface area contributed by atoms with Crippen molar-refractivity contribution >= 4 is 17.4 Å². The van der Waals surface area contributed by atoms with E-state index in [-0.39, 0.29) is 17.9 Å². The van der Waals surface area contributed by atoms with Crippen LogP contribution in [0.3, 0.4) is 0 Å². The second-order valence-corrected chi connectivity index (χ2v) is 9.93. The highest BCUT2D eigenvalue weighted by atomic mass is 16.5. The van der Waals surface area contributed by atoms with Gasteiger partial charge in [0.15, 0.2) is 0 Å². The maximum absolute atomic E-state index is 13.3. The summed E-state index contributed by atoms with van der Waals surface area (Å²) in [5, 5.41) is 11.4. The minimum atomic E-state index is -0.812. The van der Waals surface area contributed by atoms with Gasteiger partial charge in [-0.1, -0.05) is 62.2 Å². The first-order chi connectivity index (χ1) is 20.0. The number of ether oxygens (including phenoxy) is 2. The Balaban J connectivity index is 1.43. The molecule has 1 aliphatic rings. The summed E-state index contributed by atoms with van der Waals surface area (Å²) in [5.74, 6) is 0.173. The molecule has 210 valence electrons. The molecule has 7 nitrogen and oxygen atoms in total. The fourth-order valence-electron chi connectivity index (χ4n) is 4.85. The van der Waals surface area contributed by atoms with E-state index in [2.05, 4.69) is 6.92 Å². The molecule has 1 fully saturated rings. The van der Waals surface area contributed by atoms with Crippen LogP contribution in [0.1, 0.15) is 54.7 Å². The summed E-state index contributed by atoms with van der Waals surface area (Å²) in [6, 6.07) is 26.6. The number of ketones is 1. The molecule has 0 radical (unpaired) electrons. The molecule has 3 aromatic carbocycles. The van der Waals surface area contributed by atoms with Gasteiger partial charge in [0.05, 0.1) is 31.0 Å². The van der Waals surface area contributed by atoms with Crippen molar-refractivity contribution in [3.05, 3.63) is 125 Å². The number of hydrogen-bond donors (Lipinski definition) is 1. The molecule has 1 amide bonds. The van der Waals surface area contributed by atoms with Gasteiger partial charge in [0, 0.05) is 5.56 Å². The quantitative estimate of drug-likeness (QED) is 0.0878. The number of amides is 1. The lowest BCUT2D eigenvalue weighted by Crippen LogP contribution is -2.29. The summed E-state index contributed by atoms with van der Waals surface area (Å²) < 4.78 is 17.2. The predicted molar refractivity (Wildman–Crippen MR) is 155 cm³/mol. The molecule has 1 saturated heterocycles. The Morgan fingerprint density at radius 3 is 2.24 bits per heavy atom. The Labute approximate surface area is 239 Å². The van der Waals surface area contributed by atoms with Crippen LogP contribution >= 0.6 is 0 Å². The molecular formula is C34H33NO6. The van der Waals surface area contributed by atoms with Gasteiger partial charge in [0.25, 0.3) is 11.7 Å². The fraction of sp³-hybridized carbons (Fsp3) is 0.235. The average Bonchev–Trinajstić information content (AvgIpc) is 3.61. The van der Waals surface area contributed by atoms with E-state index in [1.165, 1.54) is 11.2 Å². The number of unbranched alkanes of at least 4 members (excludes halogenated alkanes) is 2. The van der Waals surface area contributed by atoms with E-state index in [4.69, 9.17) is 13.9 Å². The van der Waals surface area contributed by atoms with Gasteiger partial charge in [-0.2, -0.15) is 0 Å². The fourth-order valence-corrected chi connectivity index (χ4v) is 4.85. The van der Waals surface area contributed by atoms with Crippen LogP contribution in [0.25, 0.3) is 5.76 Å². The number of hydrogen-bond acceptors (Lipinski definition) is 6. The van der Waals surface area contributed by atoms with Crippen molar-refractivity contribution in [2.24, 2.45) is 0 Å². The largest absolute Gasteiger partial charge is 0.507 e. The second-order valence-electron chi connectivity index (χ2n) is 9.93. The summed E-state index contributed by atoms with van der Waals surface area (Å²) in [6.45, 7) is 3.24. The summed E-state index contributed by atoms with van der Waals surface area (Å²) in [7, 11) is 0. The van der Waals surface area contributed by atoms with Gasteiger partial charge in [-0.15, -0.1) is 0 Å². The summed E-state index contributed by atoms with van der Waals surface area (Å²) in [5.41, 5.74) is 2.16. The normalized spacial score (nSPS) is 16.2. The molecule has 1 unspecified atom stereocenters. The molecule has 1 aliphatic heterocycles. The van der Waals surface area contributed by atoms with Crippen LogP contribution in [0.4, 0.5) is 0 Å². The molecule has 0 spiro atoms. The number of rotatable bonds is 12. The summed E-state index contributed by atoms with van der Waals surface area (Å²) in [6.07, 6.45) is 4.69. The van der Waals surface area contributed by atoms with Gasteiger partial charge >= 0.3 is 0 Å². The molecule has 0 aliphatic carbocycles. The van der Waals surface area contributed by atoms with Crippen LogP contribution in [0.5, 0.6) is 11.5 Å². The number of carbonyl (C=O) groups is 2. The number of carbonyl (C=O) groups excluding carboxylic acids is 2. The van der Waals surface area contributed by atoms with Gasteiger partial charge < -0.3 is 23.9 Å². The van der Waals surface area contributed by atoms with Crippen molar-refractivity contribution in [3.8, 4) is 11.5 Å². The Bertz CT molecular complexity index is 1470. The Hall–Kier alpha value is -4.78. The van der Waals surface area contributed by atoms with E-state index in [0.29, 0.717) is 41.6 Å². The molecule has 1 aromatic heterocycles. The van der Waals surface area contributed by atoms with Crippen molar-refractivity contribution in [2.75, 3.05) is 6.61 Å². The van der Waals surface area contributed by atoms with E-state index in [9.17, 15) is 14.7 Å². The van der Waals surface area contributed by atoms with Crippen LogP contribution in [0.2, 0.25) is 0 Å². The molecule has 0 saturated carbocycles. The van der Waals surface area contributed by atoms with E-state index < -0.39 is 17.7 Å². The Morgan fingerprint density at radius 1 is 0.854 bits per heavy atom. The Kier molecular flexibility index (Phi) is 8.84. The topological polar surface area (TPSA) is 89.2 Å². The smallest absolute Gasteiger partial charge is 0.296 e. The zero-order chi connectivity index (χ0) is 28.6. The van der Waals surface area contributed by atoms with Crippen LogP contribution < -0.4 is 9.47 Å². The first-order valence-electron chi connectivity index (χ1n) is 13.9. The third kappa shape index (κ3) is 6.52. The molecule has 7 heteroatoms. The first-order valence-corrected chi connectivity index (χ1v) is 13.9. The maximum atomic E-state index is 13.3. The number of nitrogens with zero attached hydrogens (tertiary/aromatic N) is 1. The molecule has 4 aromatic rings. The van der Waals surface area contributed by atoms with Gasteiger partial charge in [-0.25, -0.2) is 0 Å². The van der Waals surface area contributed by atoms with E-state index in [1.807, 2.05) is 42.5 Å². The predicted octanol–water partition coefficient (Wildman–Crippen LogP) is 7.05. The number of aliphatic hydroxyl groups excluding tert-OH is 1. The second kappa shape index (κ2) is 13.0. The standard InChI is InChI=1S/C34H33NO6/c1-2-3-7-20-39-27-18-14-26(15-19-27)32(36)30-31(35(34(38)33(30)37)22-29-11-8-21-40-29)25-12-16-28(17-13-25)41-23-24-9-5-4-6-10-24/h4-6,8-19,21,31,36H,2-3,7,20,22-23H2,1H3/b32-30-. The van der Waals surface area contributed by atoms with Gasteiger partial charge in [-0.05, 0) is 66.1 Å². The van der Waals surface area contributed by atoms with Crippen molar-refractivity contribution < 1.29 is 28.6 Å². The van der Waals surface area contributed by atoms with Gasteiger partial charge in [0.2, 0.25) is 0 Å². The molecule has 41 heavy (non-hydrogen) atoms. The number of Topliss-reactive ketones (excluding diaryl/α,β-unsaturated/α-hetero) is 1. The van der Waals surface area contributed by atoms with E-state index in [0.717, 1.165) is 24.8 Å². The van der Waals surface area contributed by atoms with E-state index in [1.54, 1.807) is 48.5 Å². The summed E-state index contributed by atoms with van der Waals surface area (Å²) in [4.78, 5) is 28.0. The van der Waals surface area contributed by atoms with Gasteiger partial charge in [-0.3, -0.25) is 9.59 Å². The highest BCUT2D eigenvalue weighted by Gasteiger charge is 2.46. The minimum Gasteiger partial charge on any atom is -0.507 e. The Morgan fingerprint density at radius 2 is 1.56 bits per heavy atom. The number of likely N-dealkylation sites (tertiary alicyclic amines) is 1. The van der Waals surface area contributed by atoms with Crippen molar-refractivity contribution in [1.82, 2.24) is 4.90 Å². The highest BCUT2D eigenvalue weighted by Crippen LogP contribution is 2.41. The lowest BCUT2D eigenvalue weighted by molar-refractivity contribution is -0.140. The lowest BCUT2D eigenvalue weighted by atomic mass is 9.95. The monoisotopic (exact) mass is 551 g/mol. The number of aliphatic hydroxyl groups is 1. The molecule has 0 bridgehead atoms. The van der Waals surface area contributed by atoms with Crippen molar-refractivity contribution in [2.45, 2.75) is 45.4 Å². The number of furan rings is 1.